The summed E-state index contributed by atoms with van der Waals surface area (Å²) in [5.41, 5.74) is 0.706. The van der Waals surface area contributed by atoms with Crippen LogP contribution < -0.4 is 0 Å². The van der Waals surface area contributed by atoms with Crippen LogP contribution in [-0.2, 0) is 12.8 Å². The molecule has 0 aliphatic heterocycles. The van der Waals surface area contributed by atoms with Crippen molar-refractivity contribution in [3.05, 3.63) is 23.1 Å². The van der Waals surface area contributed by atoms with Crippen LogP contribution in [0.2, 0.25) is 5.15 Å². The highest BCUT2D eigenvalue weighted by molar-refractivity contribution is 7.98. The molecule has 0 bridgehead atoms. The fourth-order valence-corrected chi connectivity index (χ4v) is 2.45. The van der Waals surface area contributed by atoms with Crippen molar-refractivity contribution in [3.8, 4) is 0 Å². The number of nitrogens with zero attached hydrogens (tertiary/aromatic N) is 6. The standard InChI is InChI=1S/C10H9ClN6OS/c1-5-15-16-10(18-5)19-4-7-13-8(11)6-3-12-17(2)9(6)14-7/h3H,4H2,1-2H3. The Hall–Kier alpha value is -1.67. The van der Waals surface area contributed by atoms with Gasteiger partial charge in [-0.1, -0.05) is 23.4 Å². The zero-order valence-electron chi connectivity index (χ0n) is 10.2. The average molecular weight is 297 g/mol. The maximum Gasteiger partial charge on any atom is 0.277 e. The first-order chi connectivity index (χ1) is 9.13. The summed E-state index contributed by atoms with van der Waals surface area (Å²) in [5.74, 6) is 1.63. The lowest BCUT2D eigenvalue weighted by Crippen LogP contribution is -1.98. The van der Waals surface area contributed by atoms with Gasteiger partial charge in [0.1, 0.15) is 11.0 Å². The van der Waals surface area contributed by atoms with Crippen molar-refractivity contribution in [2.75, 3.05) is 0 Å². The molecule has 0 fully saturated rings. The maximum atomic E-state index is 6.10. The van der Waals surface area contributed by atoms with Gasteiger partial charge in [-0.25, -0.2) is 9.97 Å². The Balaban J connectivity index is 1.86. The molecule has 0 saturated carbocycles. The minimum Gasteiger partial charge on any atom is -0.416 e. The molecule has 7 nitrogen and oxygen atoms in total. The third-order valence-electron chi connectivity index (χ3n) is 2.42. The van der Waals surface area contributed by atoms with Gasteiger partial charge >= 0.3 is 0 Å². The summed E-state index contributed by atoms with van der Waals surface area (Å²) in [7, 11) is 1.81. The largest absolute Gasteiger partial charge is 0.416 e. The molecular formula is C10H9ClN6OS. The lowest BCUT2D eigenvalue weighted by Gasteiger charge is -2.00. The van der Waals surface area contributed by atoms with Crippen molar-refractivity contribution in [2.24, 2.45) is 7.05 Å². The second-order valence-corrected chi connectivity index (χ2v) is 5.10. The molecule has 3 heterocycles. The second-order valence-electron chi connectivity index (χ2n) is 3.81. The van der Waals surface area contributed by atoms with Gasteiger partial charge in [0, 0.05) is 14.0 Å². The molecule has 98 valence electrons. The van der Waals surface area contributed by atoms with Crippen LogP contribution in [0.4, 0.5) is 0 Å². The third kappa shape index (κ3) is 2.41. The fourth-order valence-electron chi connectivity index (χ4n) is 1.56. The van der Waals surface area contributed by atoms with Crippen molar-refractivity contribution in [1.29, 1.82) is 0 Å². The molecular weight excluding hydrogens is 288 g/mol. The van der Waals surface area contributed by atoms with Crippen molar-refractivity contribution < 1.29 is 4.42 Å². The minimum atomic E-state index is 0.399. The Labute approximate surface area is 117 Å². The number of rotatable bonds is 3. The Morgan fingerprint density at radius 1 is 1.37 bits per heavy atom. The van der Waals surface area contributed by atoms with Gasteiger partial charge in [-0.3, -0.25) is 4.68 Å². The van der Waals surface area contributed by atoms with Gasteiger partial charge in [-0.05, 0) is 0 Å². The molecule has 0 radical (unpaired) electrons. The highest BCUT2D eigenvalue weighted by atomic mass is 35.5. The van der Waals surface area contributed by atoms with Crippen LogP contribution >= 0.6 is 23.4 Å². The summed E-state index contributed by atoms with van der Waals surface area (Å²) in [6, 6.07) is 0. The van der Waals surface area contributed by atoms with Crippen LogP contribution in [0, 0.1) is 6.92 Å². The summed E-state index contributed by atoms with van der Waals surface area (Å²) >= 11 is 7.46. The van der Waals surface area contributed by atoms with Crippen LogP contribution in [0.15, 0.2) is 15.8 Å². The van der Waals surface area contributed by atoms with E-state index in [4.69, 9.17) is 16.0 Å². The first-order valence-electron chi connectivity index (χ1n) is 5.40. The van der Waals surface area contributed by atoms with Crippen LogP contribution in [-0.4, -0.2) is 29.9 Å². The van der Waals surface area contributed by atoms with Crippen molar-refractivity contribution >= 4 is 34.4 Å². The Morgan fingerprint density at radius 2 is 2.21 bits per heavy atom. The molecule has 0 spiro atoms. The summed E-state index contributed by atoms with van der Waals surface area (Å²) in [6.45, 7) is 1.74. The predicted octanol–water partition coefficient (Wildman–Crippen LogP) is 2.00. The van der Waals surface area contributed by atoms with Crippen molar-refractivity contribution in [3.63, 3.8) is 0 Å². The predicted molar refractivity (Wildman–Crippen MR) is 69.9 cm³/mol. The van der Waals surface area contributed by atoms with E-state index in [1.54, 1.807) is 17.8 Å². The average Bonchev–Trinajstić information content (AvgIpc) is 2.95. The van der Waals surface area contributed by atoms with Gasteiger partial charge in [0.2, 0.25) is 5.89 Å². The Bertz CT molecular complexity index is 739. The SMILES string of the molecule is Cc1nnc(SCc2nc(Cl)c3cnn(C)c3n2)o1. The van der Waals surface area contributed by atoms with E-state index in [2.05, 4.69) is 25.3 Å². The number of aryl methyl sites for hydroxylation is 2. The highest BCUT2D eigenvalue weighted by Gasteiger charge is 2.11. The van der Waals surface area contributed by atoms with Gasteiger partial charge in [0.25, 0.3) is 5.22 Å². The van der Waals surface area contributed by atoms with E-state index in [0.717, 1.165) is 5.39 Å². The molecule has 0 aliphatic carbocycles. The van der Waals surface area contributed by atoms with Crippen molar-refractivity contribution in [2.45, 2.75) is 17.9 Å². The van der Waals surface area contributed by atoms with Gasteiger partial charge in [-0.15, -0.1) is 10.2 Å². The van der Waals surface area contributed by atoms with Gasteiger partial charge in [0.05, 0.1) is 17.3 Å². The summed E-state index contributed by atoms with van der Waals surface area (Å²) in [5, 5.41) is 13.4. The minimum absolute atomic E-state index is 0.399. The van der Waals surface area contributed by atoms with Gasteiger partial charge in [-0.2, -0.15) is 5.10 Å². The number of halogens is 1. The molecule has 3 aromatic rings. The topological polar surface area (TPSA) is 82.5 Å². The van der Waals surface area contributed by atoms with Crippen molar-refractivity contribution in [1.82, 2.24) is 29.9 Å². The summed E-state index contributed by atoms with van der Waals surface area (Å²) in [4.78, 5) is 8.64. The molecule has 0 atom stereocenters. The molecule has 0 amide bonds. The zero-order valence-corrected chi connectivity index (χ0v) is 11.7. The van der Waals surface area contributed by atoms with E-state index in [9.17, 15) is 0 Å². The molecule has 0 N–H and O–H groups in total. The molecule has 9 heteroatoms. The molecule has 0 aromatic carbocycles. The Kier molecular flexibility index (Phi) is 3.11. The quantitative estimate of drug-likeness (QED) is 0.540. The third-order valence-corrected chi connectivity index (χ3v) is 3.53. The zero-order chi connectivity index (χ0) is 13.4. The van der Waals surface area contributed by atoms with Crippen LogP contribution in [0.1, 0.15) is 11.7 Å². The van der Waals surface area contributed by atoms with E-state index in [1.807, 2.05) is 7.05 Å². The number of hydrogen-bond acceptors (Lipinski definition) is 7. The summed E-state index contributed by atoms with van der Waals surface area (Å²) < 4.78 is 6.93. The smallest absolute Gasteiger partial charge is 0.277 e. The van der Waals surface area contributed by atoms with E-state index >= 15 is 0 Å². The van der Waals surface area contributed by atoms with Crippen LogP contribution in [0.5, 0.6) is 0 Å². The van der Waals surface area contributed by atoms with E-state index in [0.29, 0.717) is 33.5 Å². The fraction of sp³-hybridized carbons (Fsp3) is 0.300. The monoisotopic (exact) mass is 296 g/mol. The second kappa shape index (κ2) is 4.78. The molecule has 3 rings (SSSR count). The van der Waals surface area contributed by atoms with E-state index in [-0.39, 0.29) is 0 Å². The lowest BCUT2D eigenvalue weighted by molar-refractivity contribution is 0.429. The number of aromatic nitrogens is 6. The lowest BCUT2D eigenvalue weighted by atomic mass is 10.4. The molecule has 0 aliphatic rings. The molecule has 0 saturated heterocycles. The molecule has 3 aromatic heterocycles. The van der Waals surface area contributed by atoms with Gasteiger partial charge < -0.3 is 4.42 Å². The normalized spacial score (nSPS) is 11.3. The highest BCUT2D eigenvalue weighted by Crippen LogP contribution is 2.23. The Morgan fingerprint density at radius 3 is 2.95 bits per heavy atom. The maximum absolute atomic E-state index is 6.10. The number of thioether (sulfide) groups is 1. The van der Waals surface area contributed by atoms with E-state index in [1.165, 1.54) is 11.8 Å². The molecule has 19 heavy (non-hydrogen) atoms. The first kappa shape index (κ1) is 12.4. The van der Waals surface area contributed by atoms with Crippen LogP contribution in [0.25, 0.3) is 11.0 Å². The molecule has 0 unspecified atom stereocenters. The number of hydrogen-bond donors (Lipinski definition) is 0. The van der Waals surface area contributed by atoms with E-state index < -0.39 is 0 Å². The number of fused-ring (bicyclic) bond motifs is 1. The summed E-state index contributed by atoms with van der Waals surface area (Å²) in [6.07, 6.45) is 1.65. The van der Waals surface area contributed by atoms with Crippen LogP contribution in [0.3, 0.4) is 0 Å². The first-order valence-corrected chi connectivity index (χ1v) is 6.77. The van der Waals surface area contributed by atoms with Gasteiger partial charge in [0.15, 0.2) is 5.65 Å².